The third-order valence-corrected chi connectivity index (χ3v) is 4.57. The minimum Gasteiger partial charge on any atom is -0.358 e. The van der Waals surface area contributed by atoms with Crippen LogP contribution in [0.4, 0.5) is 5.69 Å². The lowest BCUT2D eigenvalue weighted by Gasteiger charge is -2.14. The van der Waals surface area contributed by atoms with Gasteiger partial charge in [0.15, 0.2) is 0 Å². The van der Waals surface area contributed by atoms with Crippen LogP contribution in [0, 0.1) is 5.92 Å². The molecule has 0 saturated carbocycles. The number of hydrogen-bond donors (Lipinski definition) is 3. The van der Waals surface area contributed by atoms with Crippen LogP contribution in [0.15, 0.2) is 42.7 Å². The molecule has 7 nitrogen and oxygen atoms in total. The molecular formula is C18H19N5O2. The molecular weight excluding hydrogens is 318 g/mol. The number of benzene rings is 1. The highest BCUT2D eigenvalue weighted by atomic mass is 16.2. The van der Waals surface area contributed by atoms with Gasteiger partial charge in [0.05, 0.1) is 17.8 Å². The Hall–Kier alpha value is -3.09. The van der Waals surface area contributed by atoms with Crippen molar-refractivity contribution in [1.29, 1.82) is 0 Å². The van der Waals surface area contributed by atoms with E-state index in [2.05, 4.69) is 32.6 Å². The lowest BCUT2D eigenvalue weighted by molar-refractivity contribution is -0.126. The summed E-state index contributed by atoms with van der Waals surface area (Å²) >= 11 is 0. The number of rotatable bonds is 5. The Morgan fingerprint density at radius 1 is 1.36 bits per heavy atom. The first-order valence-electron chi connectivity index (χ1n) is 8.34. The van der Waals surface area contributed by atoms with Crippen molar-refractivity contribution in [3.8, 4) is 0 Å². The molecule has 1 saturated heterocycles. The number of nitrogens with zero attached hydrogens (tertiary/aromatic N) is 2. The van der Waals surface area contributed by atoms with Crippen molar-refractivity contribution >= 4 is 28.4 Å². The third-order valence-electron chi connectivity index (χ3n) is 4.57. The summed E-state index contributed by atoms with van der Waals surface area (Å²) in [5, 5.41) is 10.6. The molecule has 1 aromatic carbocycles. The Bertz CT molecular complexity index is 866. The number of para-hydroxylation sites is 1. The molecule has 0 spiro atoms. The van der Waals surface area contributed by atoms with E-state index in [1.807, 2.05) is 18.2 Å². The van der Waals surface area contributed by atoms with E-state index in [1.54, 1.807) is 17.3 Å². The number of nitrogens with one attached hydrogen (secondary N) is 3. The van der Waals surface area contributed by atoms with Gasteiger partial charge in [-0.15, -0.1) is 0 Å². The van der Waals surface area contributed by atoms with Gasteiger partial charge in [-0.1, -0.05) is 18.2 Å². The zero-order valence-corrected chi connectivity index (χ0v) is 13.7. The number of hydrogen-bond acceptors (Lipinski definition) is 3. The van der Waals surface area contributed by atoms with Gasteiger partial charge in [-0.05, 0) is 17.5 Å². The molecule has 128 valence electrons. The van der Waals surface area contributed by atoms with Gasteiger partial charge in [0.1, 0.15) is 0 Å². The summed E-state index contributed by atoms with van der Waals surface area (Å²) in [6.07, 6.45) is 4.22. The normalized spacial score (nSPS) is 17.4. The lowest BCUT2D eigenvalue weighted by atomic mass is 10.1. The zero-order valence-electron chi connectivity index (χ0n) is 13.7. The number of amides is 2. The number of fused-ring (bicyclic) bond motifs is 1. The van der Waals surface area contributed by atoms with E-state index in [1.165, 1.54) is 5.39 Å². The fraction of sp³-hybridized carbons (Fsp3) is 0.278. The second kappa shape index (κ2) is 6.43. The molecule has 1 aliphatic rings. The molecule has 1 aliphatic heterocycles. The van der Waals surface area contributed by atoms with E-state index in [9.17, 15) is 9.59 Å². The zero-order chi connectivity index (χ0) is 17.2. The first kappa shape index (κ1) is 15.4. The van der Waals surface area contributed by atoms with Crippen molar-refractivity contribution in [1.82, 2.24) is 20.5 Å². The number of carbonyl (C=O) groups is 2. The minimum atomic E-state index is -0.315. The monoisotopic (exact) mass is 337 g/mol. The van der Waals surface area contributed by atoms with Gasteiger partial charge >= 0.3 is 0 Å². The molecule has 0 bridgehead atoms. The average Bonchev–Trinajstić information content (AvgIpc) is 3.33. The SMILES string of the molecule is O=C(NCCc1cc2ccccc2[nH]1)[C@@H]1CC(=O)N(c2cn[nH]c2)C1. The van der Waals surface area contributed by atoms with Crippen LogP contribution >= 0.6 is 0 Å². The summed E-state index contributed by atoms with van der Waals surface area (Å²) in [6.45, 7) is 0.943. The van der Waals surface area contributed by atoms with Crippen molar-refractivity contribution in [2.24, 2.45) is 5.92 Å². The van der Waals surface area contributed by atoms with Crippen molar-refractivity contribution in [3.05, 3.63) is 48.4 Å². The number of aromatic amines is 2. The van der Waals surface area contributed by atoms with Crippen LogP contribution in [-0.2, 0) is 16.0 Å². The van der Waals surface area contributed by atoms with E-state index in [0.717, 1.165) is 17.6 Å². The Balaban J connectivity index is 1.31. The molecule has 7 heteroatoms. The standard InChI is InChI=1S/C18H19N5O2/c24-17-8-13(11-23(17)15-9-20-21-10-15)18(25)19-6-5-14-7-12-3-1-2-4-16(12)22-14/h1-4,7,9-10,13,22H,5-6,8,11H2,(H,19,25)(H,20,21)/t13-/m1/s1. The second-order valence-electron chi connectivity index (χ2n) is 6.28. The second-order valence-corrected chi connectivity index (χ2v) is 6.28. The van der Waals surface area contributed by atoms with E-state index in [-0.39, 0.29) is 24.2 Å². The summed E-state index contributed by atoms with van der Waals surface area (Å²) in [7, 11) is 0. The topological polar surface area (TPSA) is 93.9 Å². The summed E-state index contributed by atoms with van der Waals surface area (Å²) in [5.74, 6) is -0.433. The maximum Gasteiger partial charge on any atom is 0.227 e. The van der Waals surface area contributed by atoms with Crippen LogP contribution in [0.3, 0.4) is 0 Å². The van der Waals surface area contributed by atoms with E-state index < -0.39 is 0 Å². The highest BCUT2D eigenvalue weighted by Gasteiger charge is 2.35. The summed E-state index contributed by atoms with van der Waals surface area (Å²) in [6, 6.07) is 10.2. The van der Waals surface area contributed by atoms with Crippen molar-refractivity contribution in [3.63, 3.8) is 0 Å². The Morgan fingerprint density at radius 3 is 3.04 bits per heavy atom. The third kappa shape index (κ3) is 3.13. The molecule has 4 rings (SSSR count). The van der Waals surface area contributed by atoms with Crippen LogP contribution in [-0.4, -0.2) is 40.1 Å². The van der Waals surface area contributed by atoms with Crippen LogP contribution in [0.1, 0.15) is 12.1 Å². The molecule has 0 aliphatic carbocycles. The Labute approximate surface area is 144 Å². The fourth-order valence-corrected chi connectivity index (χ4v) is 3.26. The summed E-state index contributed by atoms with van der Waals surface area (Å²) < 4.78 is 0. The molecule has 3 heterocycles. The maximum absolute atomic E-state index is 12.3. The maximum atomic E-state index is 12.3. The molecule has 2 amide bonds. The molecule has 2 aromatic heterocycles. The number of aromatic nitrogens is 3. The lowest BCUT2D eigenvalue weighted by Crippen LogP contribution is -2.34. The van der Waals surface area contributed by atoms with Crippen LogP contribution < -0.4 is 10.2 Å². The Morgan fingerprint density at radius 2 is 2.24 bits per heavy atom. The molecule has 0 unspecified atom stereocenters. The molecule has 1 atom stereocenters. The average molecular weight is 337 g/mol. The van der Waals surface area contributed by atoms with Gasteiger partial charge in [0.2, 0.25) is 11.8 Å². The van der Waals surface area contributed by atoms with Crippen molar-refractivity contribution in [2.75, 3.05) is 18.0 Å². The fourth-order valence-electron chi connectivity index (χ4n) is 3.26. The van der Waals surface area contributed by atoms with E-state index >= 15 is 0 Å². The van der Waals surface area contributed by atoms with Crippen LogP contribution in [0.25, 0.3) is 10.9 Å². The molecule has 1 fully saturated rings. The molecule has 3 N–H and O–H groups in total. The Kier molecular flexibility index (Phi) is 3.97. The van der Waals surface area contributed by atoms with Crippen molar-refractivity contribution in [2.45, 2.75) is 12.8 Å². The minimum absolute atomic E-state index is 0.0443. The van der Waals surface area contributed by atoms with Gasteiger partial charge in [-0.25, -0.2) is 0 Å². The van der Waals surface area contributed by atoms with E-state index in [4.69, 9.17) is 0 Å². The predicted octanol–water partition coefficient (Wildman–Crippen LogP) is 1.60. The molecule has 0 radical (unpaired) electrons. The quantitative estimate of drug-likeness (QED) is 0.660. The van der Waals surface area contributed by atoms with E-state index in [0.29, 0.717) is 18.8 Å². The first-order valence-corrected chi connectivity index (χ1v) is 8.34. The highest BCUT2D eigenvalue weighted by Crippen LogP contribution is 2.24. The first-order chi connectivity index (χ1) is 12.2. The summed E-state index contributed by atoms with van der Waals surface area (Å²) in [5.41, 5.74) is 2.89. The predicted molar refractivity (Wildman–Crippen MR) is 94.1 cm³/mol. The van der Waals surface area contributed by atoms with Crippen LogP contribution in [0.5, 0.6) is 0 Å². The van der Waals surface area contributed by atoms with Gasteiger partial charge in [-0.3, -0.25) is 14.7 Å². The molecule has 25 heavy (non-hydrogen) atoms. The number of H-pyrrole nitrogens is 2. The summed E-state index contributed by atoms with van der Waals surface area (Å²) in [4.78, 5) is 29.4. The highest BCUT2D eigenvalue weighted by molar-refractivity contribution is 6.00. The van der Waals surface area contributed by atoms with Gasteiger partial charge in [-0.2, -0.15) is 5.10 Å². The largest absolute Gasteiger partial charge is 0.358 e. The van der Waals surface area contributed by atoms with Gasteiger partial charge in [0, 0.05) is 43.3 Å². The van der Waals surface area contributed by atoms with Gasteiger partial charge < -0.3 is 15.2 Å². The van der Waals surface area contributed by atoms with Crippen LogP contribution in [0.2, 0.25) is 0 Å². The van der Waals surface area contributed by atoms with Gasteiger partial charge in [0.25, 0.3) is 0 Å². The van der Waals surface area contributed by atoms with Crippen molar-refractivity contribution < 1.29 is 9.59 Å². The smallest absolute Gasteiger partial charge is 0.227 e. The number of carbonyl (C=O) groups excluding carboxylic acids is 2. The molecule has 3 aromatic rings. The number of anilines is 1.